The summed E-state index contributed by atoms with van der Waals surface area (Å²) in [6, 6.07) is 12.8. The van der Waals surface area contributed by atoms with Crippen LogP contribution >= 0.6 is 23.1 Å². The maximum absolute atomic E-state index is 12.8. The van der Waals surface area contributed by atoms with Gasteiger partial charge in [0, 0.05) is 60.5 Å². The third-order valence-electron chi connectivity index (χ3n) is 7.62. The monoisotopic (exact) mass is 580 g/mol. The molecule has 0 bridgehead atoms. The number of anilines is 3. The van der Waals surface area contributed by atoms with Crippen molar-refractivity contribution in [2.24, 2.45) is 5.41 Å². The average molecular weight is 581 g/mol. The van der Waals surface area contributed by atoms with Gasteiger partial charge in [0.1, 0.15) is 0 Å². The Bertz CT molecular complexity index is 1300. The van der Waals surface area contributed by atoms with Crippen LogP contribution in [-0.2, 0) is 16.1 Å². The number of nitrogens with one attached hydrogen (secondary N) is 2. The van der Waals surface area contributed by atoms with E-state index < -0.39 is 0 Å². The molecule has 12 heteroatoms. The molecule has 1 spiro atoms. The van der Waals surface area contributed by atoms with E-state index in [-0.39, 0.29) is 23.5 Å². The van der Waals surface area contributed by atoms with Crippen LogP contribution in [0.1, 0.15) is 38.7 Å². The van der Waals surface area contributed by atoms with Crippen molar-refractivity contribution in [3.05, 3.63) is 48.2 Å². The van der Waals surface area contributed by atoms with Gasteiger partial charge >= 0.3 is 0 Å². The molecule has 1 amide bonds. The lowest BCUT2D eigenvalue weighted by Gasteiger charge is -2.47. The van der Waals surface area contributed by atoms with Crippen LogP contribution in [0.25, 0.3) is 0 Å². The van der Waals surface area contributed by atoms with E-state index in [2.05, 4.69) is 78.9 Å². The Morgan fingerprint density at radius 1 is 1.18 bits per heavy atom. The number of ether oxygens (including phenoxy) is 1. The van der Waals surface area contributed by atoms with Crippen LogP contribution in [0.4, 0.5) is 16.1 Å². The van der Waals surface area contributed by atoms with Gasteiger partial charge in [-0.3, -0.25) is 9.69 Å². The fraction of sp³-hybridized carbons (Fsp3) is 0.536. The largest absolute Gasteiger partial charge is 0.377 e. The molecule has 212 valence electrons. The van der Waals surface area contributed by atoms with Crippen LogP contribution in [-0.4, -0.2) is 81.4 Å². The number of benzene rings is 1. The Labute approximate surface area is 243 Å². The van der Waals surface area contributed by atoms with Crippen LogP contribution < -0.4 is 15.5 Å². The Morgan fingerprint density at radius 2 is 2.02 bits per heavy atom. The second-order valence-electron chi connectivity index (χ2n) is 11.4. The highest BCUT2D eigenvalue weighted by atomic mass is 32.2. The Balaban J connectivity index is 0.930. The molecule has 3 saturated heterocycles. The van der Waals surface area contributed by atoms with E-state index in [0.717, 1.165) is 58.0 Å². The van der Waals surface area contributed by atoms with Crippen LogP contribution in [0.3, 0.4) is 0 Å². The summed E-state index contributed by atoms with van der Waals surface area (Å²) in [5.74, 6) is 0.809. The van der Waals surface area contributed by atoms with Crippen molar-refractivity contribution in [3.8, 4) is 0 Å². The van der Waals surface area contributed by atoms with Crippen molar-refractivity contribution in [1.82, 2.24) is 25.3 Å². The molecule has 3 aromatic rings. The molecule has 0 aliphatic carbocycles. The van der Waals surface area contributed by atoms with Gasteiger partial charge in [-0.05, 0) is 36.6 Å². The second kappa shape index (κ2) is 12.0. The topological polar surface area (TPSA) is 108 Å². The minimum Gasteiger partial charge on any atom is -0.377 e. The minimum atomic E-state index is -0.0738. The predicted molar refractivity (Wildman–Crippen MR) is 159 cm³/mol. The molecule has 2 atom stereocenters. The van der Waals surface area contributed by atoms with Gasteiger partial charge in [0.05, 0.1) is 19.1 Å². The minimum absolute atomic E-state index is 0.0537. The smallest absolute Gasteiger partial charge is 0.228 e. The summed E-state index contributed by atoms with van der Waals surface area (Å²) in [5, 5.41) is 24.7. The van der Waals surface area contributed by atoms with E-state index in [0.29, 0.717) is 21.9 Å². The molecule has 6 rings (SSSR count). The van der Waals surface area contributed by atoms with E-state index in [1.807, 2.05) is 23.9 Å². The number of rotatable bonds is 10. The third-order valence-corrected chi connectivity index (χ3v) is 9.51. The fourth-order valence-corrected chi connectivity index (χ4v) is 7.62. The van der Waals surface area contributed by atoms with E-state index in [9.17, 15) is 4.79 Å². The van der Waals surface area contributed by atoms with E-state index in [1.54, 1.807) is 6.20 Å². The maximum Gasteiger partial charge on any atom is 0.228 e. The molecule has 0 saturated carbocycles. The Kier molecular flexibility index (Phi) is 8.20. The first-order valence-electron chi connectivity index (χ1n) is 13.9. The first kappa shape index (κ1) is 27.4. The van der Waals surface area contributed by atoms with E-state index >= 15 is 0 Å². The molecule has 3 fully saturated rings. The zero-order chi connectivity index (χ0) is 27.5. The third kappa shape index (κ3) is 6.56. The van der Waals surface area contributed by atoms with Gasteiger partial charge in [-0.15, -0.1) is 27.1 Å². The molecule has 0 unspecified atom stereocenters. The van der Waals surface area contributed by atoms with Gasteiger partial charge in [0.15, 0.2) is 5.82 Å². The molecule has 1 aromatic carbocycles. The SMILES string of the molecule is CC(C)Sc1ccccc1CN1CC2(CO[C@@H](CC(=O)Nc3nnc(N[C@@H]4CCN(c5cccnn5)C4)s3)C2)C1. The summed E-state index contributed by atoms with van der Waals surface area (Å²) in [5.41, 5.74) is 1.57. The van der Waals surface area contributed by atoms with Gasteiger partial charge in [-0.1, -0.05) is 43.4 Å². The van der Waals surface area contributed by atoms with Crippen LogP contribution in [0.2, 0.25) is 0 Å². The van der Waals surface area contributed by atoms with Gasteiger partial charge in [0.2, 0.25) is 16.2 Å². The summed E-state index contributed by atoms with van der Waals surface area (Å²) in [7, 11) is 0. The lowest BCUT2D eigenvalue weighted by molar-refractivity contribution is -0.118. The summed E-state index contributed by atoms with van der Waals surface area (Å²) in [6.45, 7) is 9.93. The van der Waals surface area contributed by atoms with E-state index in [4.69, 9.17) is 4.74 Å². The van der Waals surface area contributed by atoms with Crippen LogP contribution in [0, 0.1) is 5.41 Å². The summed E-state index contributed by atoms with van der Waals surface area (Å²) in [6.07, 6.45) is 3.86. The summed E-state index contributed by atoms with van der Waals surface area (Å²) < 4.78 is 6.08. The number of nitrogens with zero attached hydrogens (tertiary/aromatic N) is 6. The zero-order valence-corrected chi connectivity index (χ0v) is 24.6. The number of hydrogen-bond donors (Lipinski definition) is 2. The molecule has 2 aromatic heterocycles. The molecular formula is C28H36N8O2S2. The van der Waals surface area contributed by atoms with Crippen molar-refractivity contribution >= 4 is 45.1 Å². The number of carbonyl (C=O) groups excluding carboxylic acids is 1. The maximum atomic E-state index is 12.8. The van der Waals surface area contributed by atoms with Gasteiger partial charge < -0.3 is 20.3 Å². The number of likely N-dealkylation sites (tertiary alicyclic amines) is 1. The first-order chi connectivity index (χ1) is 19.4. The van der Waals surface area contributed by atoms with Gasteiger partial charge in [-0.25, -0.2) is 0 Å². The fourth-order valence-electron chi connectivity index (χ4n) is 5.94. The van der Waals surface area contributed by atoms with Crippen LogP contribution in [0.5, 0.6) is 0 Å². The molecule has 40 heavy (non-hydrogen) atoms. The molecule has 5 heterocycles. The normalized spacial score (nSPS) is 22.1. The van der Waals surface area contributed by atoms with Gasteiger partial charge in [0.25, 0.3) is 0 Å². The molecule has 3 aliphatic rings. The number of thioether (sulfide) groups is 1. The lowest BCUT2D eigenvalue weighted by Crippen LogP contribution is -2.56. The molecule has 3 aliphatic heterocycles. The highest BCUT2D eigenvalue weighted by Crippen LogP contribution is 2.43. The Hall–Kier alpha value is -2.80. The molecule has 10 nitrogen and oxygen atoms in total. The van der Waals surface area contributed by atoms with Crippen molar-refractivity contribution in [3.63, 3.8) is 0 Å². The number of carbonyl (C=O) groups is 1. The highest BCUT2D eigenvalue weighted by Gasteiger charge is 2.49. The van der Waals surface area contributed by atoms with Crippen molar-refractivity contribution in [2.75, 3.05) is 48.3 Å². The first-order valence-corrected chi connectivity index (χ1v) is 15.6. The Morgan fingerprint density at radius 3 is 2.85 bits per heavy atom. The molecule has 2 N–H and O–H groups in total. The highest BCUT2D eigenvalue weighted by molar-refractivity contribution is 8.00. The summed E-state index contributed by atoms with van der Waals surface area (Å²) >= 11 is 3.29. The number of hydrogen-bond acceptors (Lipinski definition) is 11. The summed E-state index contributed by atoms with van der Waals surface area (Å²) in [4.78, 5) is 18.8. The van der Waals surface area contributed by atoms with Crippen molar-refractivity contribution < 1.29 is 9.53 Å². The molecule has 0 radical (unpaired) electrons. The second-order valence-corrected chi connectivity index (χ2v) is 14.0. The standard InChI is InChI=1S/C28H36N8O2S2/c1-19(2)39-23-7-4-3-6-20(23)14-35-16-28(17-35)13-22(38-18-28)12-25(37)31-27-34-33-26(40-27)30-21-9-11-36(15-21)24-8-5-10-29-32-24/h3-8,10,19,21-22H,9,11-18H2,1-2H3,(H,30,33)(H,31,34,37)/t21-,22+/m1/s1. The average Bonchev–Trinajstić information content (AvgIpc) is 3.66. The van der Waals surface area contributed by atoms with Crippen molar-refractivity contribution in [2.45, 2.75) is 61.9 Å². The molecular weight excluding hydrogens is 544 g/mol. The van der Waals surface area contributed by atoms with E-state index in [1.165, 1.54) is 21.8 Å². The van der Waals surface area contributed by atoms with Crippen molar-refractivity contribution in [1.29, 1.82) is 0 Å². The number of amides is 1. The number of aromatic nitrogens is 4. The van der Waals surface area contributed by atoms with Gasteiger partial charge in [-0.2, -0.15) is 5.10 Å². The zero-order valence-electron chi connectivity index (χ0n) is 23.0. The van der Waals surface area contributed by atoms with Crippen LogP contribution in [0.15, 0.2) is 47.5 Å². The lowest BCUT2D eigenvalue weighted by atomic mass is 9.77. The predicted octanol–water partition coefficient (Wildman–Crippen LogP) is 4.14. The quantitative estimate of drug-likeness (QED) is 0.340.